The number of fused-ring (bicyclic) bond motifs is 1. The molecule has 7 heteroatoms. The van der Waals surface area contributed by atoms with E-state index in [1.165, 1.54) is 6.07 Å². The Hall–Kier alpha value is -3.47. The van der Waals surface area contributed by atoms with E-state index in [0.29, 0.717) is 27.7 Å². The largest absolute Gasteiger partial charge is 0.390 e. The van der Waals surface area contributed by atoms with Crippen molar-refractivity contribution < 1.29 is 19.5 Å². The van der Waals surface area contributed by atoms with Crippen LogP contribution in [0.25, 0.3) is 10.8 Å². The van der Waals surface area contributed by atoms with E-state index < -0.39 is 28.1 Å². The molecule has 0 aliphatic rings. The summed E-state index contributed by atoms with van der Waals surface area (Å²) in [7, 11) is 0. The van der Waals surface area contributed by atoms with Crippen molar-refractivity contribution in [2.75, 3.05) is 5.32 Å². The predicted molar refractivity (Wildman–Crippen MR) is 127 cm³/mol. The zero-order valence-corrected chi connectivity index (χ0v) is 19.4. The third-order valence-electron chi connectivity index (χ3n) is 6.07. The summed E-state index contributed by atoms with van der Waals surface area (Å²) in [4.78, 5) is 25.2. The molecule has 0 spiro atoms. The molecule has 0 saturated heterocycles. The molecule has 1 unspecified atom stereocenters. The molecular formula is C26H28N2O5. The molecule has 2 aromatic carbocycles. The number of aryl methyl sites for hydroxylation is 1. The van der Waals surface area contributed by atoms with Crippen molar-refractivity contribution in [3.63, 3.8) is 0 Å². The van der Waals surface area contributed by atoms with Gasteiger partial charge in [0.05, 0.1) is 16.7 Å². The fourth-order valence-corrected chi connectivity index (χ4v) is 3.28. The highest BCUT2D eigenvalue weighted by molar-refractivity contribution is 6.01. The van der Waals surface area contributed by atoms with Crippen LogP contribution in [0.3, 0.4) is 0 Å². The number of rotatable bonds is 5. The van der Waals surface area contributed by atoms with Crippen molar-refractivity contribution in [2.24, 2.45) is 5.41 Å². The summed E-state index contributed by atoms with van der Waals surface area (Å²) in [5.41, 5.74) is -3.22. The van der Waals surface area contributed by atoms with Crippen molar-refractivity contribution >= 4 is 22.4 Å². The van der Waals surface area contributed by atoms with Gasteiger partial charge in [0.25, 0.3) is 5.91 Å². The molecule has 1 aromatic heterocycles. The van der Waals surface area contributed by atoms with Crippen LogP contribution >= 0.6 is 0 Å². The maximum atomic E-state index is 13.3. The molecule has 3 rings (SSSR count). The fourth-order valence-electron chi connectivity index (χ4n) is 3.28. The first kappa shape index (κ1) is 24.2. The topological polar surface area (TPSA) is 113 Å². The number of hydrogen-bond donors (Lipinski definition) is 3. The number of nitrogens with zero attached hydrogens (tertiary/aromatic N) is 1. The van der Waals surface area contributed by atoms with Crippen LogP contribution < -0.4 is 10.9 Å². The molecule has 0 fully saturated rings. The van der Waals surface area contributed by atoms with Crippen LogP contribution in [0.1, 0.15) is 45.4 Å². The lowest BCUT2D eigenvalue weighted by Gasteiger charge is -2.40. The number of anilines is 1. The van der Waals surface area contributed by atoms with Gasteiger partial charge >= 0.3 is 5.63 Å². The van der Waals surface area contributed by atoms with Gasteiger partial charge in [-0.2, -0.15) is 0 Å². The maximum Gasteiger partial charge on any atom is 0.366 e. The highest BCUT2D eigenvalue weighted by Gasteiger charge is 2.46. The normalized spacial score (nSPS) is 13.7. The summed E-state index contributed by atoms with van der Waals surface area (Å²) in [6.07, 6.45) is -0.118. The number of aliphatic hydroxyl groups is 2. The van der Waals surface area contributed by atoms with Crippen molar-refractivity contribution in [1.82, 2.24) is 5.16 Å². The summed E-state index contributed by atoms with van der Waals surface area (Å²) in [6.45, 7) is 8.46. The van der Waals surface area contributed by atoms with Crippen LogP contribution in [0.5, 0.6) is 0 Å². The molecule has 7 nitrogen and oxygen atoms in total. The van der Waals surface area contributed by atoms with Gasteiger partial charge < -0.3 is 20.1 Å². The van der Waals surface area contributed by atoms with Crippen LogP contribution in [0.2, 0.25) is 0 Å². The van der Waals surface area contributed by atoms with Crippen LogP contribution in [-0.4, -0.2) is 32.5 Å². The van der Waals surface area contributed by atoms with Crippen LogP contribution in [0, 0.1) is 24.2 Å². The SMILES string of the molecule is Cc1noc(=O)c2ccc(NC(=O)C(O)(C#Cc3ccccc3)CC(C)(C)C(C)(C)O)cc12. The van der Waals surface area contributed by atoms with Gasteiger partial charge in [0, 0.05) is 23.1 Å². The first-order chi connectivity index (χ1) is 15.3. The first-order valence-corrected chi connectivity index (χ1v) is 10.6. The lowest BCUT2D eigenvalue weighted by atomic mass is 9.70. The quantitative estimate of drug-likeness (QED) is 0.516. The summed E-state index contributed by atoms with van der Waals surface area (Å²) >= 11 is 0. The van der Waals surface area contributed by atoms with E-state index in [2.05, 4.69) is 22.3 Å². The Morgan fingerprint density at radius 2 is 1.73 bits per heavy atom. The minimum absolute atomic E-state index is 0.118. The molecule has 172 valence electrons. The van der Waals surface area contributed by atoms with Crippen LogP contribution in [0.15, 0.2) is 57.8 Å². The van der Waals surface area contributed by atoms with E-state index in [4.69, 9.17) is 4.52 Å². The third kappa shape index (κ3) is 5.30. The van der Waals surface area contributed by atoms with Gasteiger partial charge in [-0.25, -0.2) is 4.79 Å². The van der Waals surface area contributed by atoms with Crippen molar-refractivity contribution in [2.45, 2.75) is 52.2 Å². The lowest BCUT2D eigenvalue weighted by molar-refractivity contribution is -0.135. The smallest absolute Gasteiger partial charge is 0.366 e. The fraction of sp³-hybridized carbons (Fsp3) is 0.346. The predicted octanol–water partition coefficient (Wildman–Crippen LogP) is 3.40. The number of amides is 1. The Kier molecular flexibility index (Phi) is 6.46. The molecule has 1 amide bonds. The number of hydrogen-bond acceptors (Lipinski definition) is 6. The van der Waals surface area contributed by atoms with Gasteiger partial charge in [0.15, 0.2) is 0 Å². The highest BCUT2D eigenvalue weighted by Crippen LogP contribution is 2.38. The van der Waals surface area contributed by atoms with E-state index in [-0.39, 0.29) is 6.42 Å². The zero-order valence-electron chi connectivity index (χ0n) is 19.4. The minimum atomic E-state index is -2.10. The molecule has 0 aliphatic heterocycles. The number of aromatic nitrogens is 1. The summed E-state index contributed by atoms with van der Waals surface area (Å²) in [5.74, 6) is 4.85. The molecule has 1 heterocycles. The van der Waals surface area contributed by atoms with Gasteiger partial charge in [-0.1, -0.05) is 49.0 Å². The average molecular weight is 449 g/mol. The molecule has 3 aromatic rings. The third-order valence-corrected chi connectivity index (χ3v) is 6.07. The number of carbonyl (C=O) groups excluding carboxylic acids is 1. The minimum Gasteiger partial charge on any atom is -0.390 e. The number of nitrogens with one attached hydrogen (secondary N) is 1. The zero-order chi connectivity index (χ0) is 24.4. The summed E-state index contributed by atoms with van der Waals surface area (Å²) < 4.78 is 4.73. The molecule has 1 atom stereocenters. The van der Waals surface area contributed by atoms with Gasteiger partial charge in [-0.05, 0) is 56.5 Å². The number of carbonyl (C=O) groups is 1. The first-order valence-electron chi connectivity index (χ1n) is 10.6. The molecule has 33 heavy (non-hydrogen) atoms. The second-order valence-electron chi connectivity index (χ2n) is 9.37. The molecule has 0 aliphatic carbocycles. The van der Waals surface area contributed by atoms with Crippen molar-refractivity contribution in [3.05, 3.63) is 70.2 Å². The van der Waals surface area contributed by atoms with Crippen LogP contribution in [-0.2, 0) is 4.79 Å². The van der Waals surface area contributed by atoms with Gasteiger partial charge in [0.2, 0.25) is 5.60 Å². The molecule has 0 saturated carbocycles. The summed E-state index contributed by atoms with van der Waals surface area (Å²) in [5, 5.41) is 29.3. The van der Waals surface area contributed by atoms with Gasteiger partial charge in [-0.3, -0.25) is 4.79 Å². The standard InChI is InChI=1S/C26H28N2O5/c1-17-21-15-19(11-12-20(21)22(29)33-28-17)27-23(30)26(32,16-24(2,3)25(4,5)31)14-13-18-9-7-6-8-10-18/h6-12,15,31-32H,16H2,1-5H3,(H,27,30). The Morgan fingerprint density at radius 3 is 2.36 bits per heavy atom. The van der Waals surface area contributed by atoms with E-state index in [1.54, 1.807) is 58.9 Å². The highest BCUT2D eigenvalue weighted by atomic mass is 16.5. The molecule has 0 bridgehead atoms. The van der Waals surface area contributed by atoms with Gasteiger partial charge in [-0.15, -0.1) is 0 Å². The lowest BCUT2D eigenvalue weighted by Crippen LogP contribution is -2.50. The van der Waals surface area contributed by atoms with E-state index in [9.17, 15) is 19.8 Å². The Balaban J connectivity index is 2.00. The Labute approximate surface area is 192 Å². The van der Waals surface area contributed by atoms with E-state index >= 15 is 0 Å². The number of benzene rings is 2. The average Bonchev–Trinajstić information content (AvgIpc) is 2.74. The second kappa shape index (κ2) is 8.81. The van der Waals surface area contributed by atoms with Crippen molar-refractivity contribution in [1.29, 1.82) is 0 Å². The summed E-state index contributed by atoms with van der Waals surface area (Å²) in [6, 6.07) is 13.7. The van der Waals surface area contributed by atoms with E-state index in [1.807, 2.05) is 18.2 Å². The molecular weight excluding hydrogens is 420 g/mol. The monoisotopic (exact) mass is 448 g/mol. The van der Waals surface area contributed by atoms with Crippen LogP contribution in [0.4, 0.5) is 5.69 Å². The second-order valence-corrected chi connectivity index (χ2v) is 9.37. The molecule has 0 radical (unpaired) electrons. The van der Waals surface area contributed by atoms with Crippen molar-refractivity contribution in [3.8, 4) is 11.8 Å². The van der Waals surface area contributed by atoms with E-state index in [0.717, 1.165) is 0 Å². The maximum absolute atomic E-state index is 13.3. The van der Waals surface area contributed by atoms with Gasteiger partial charge in [0.1, 0.15) is 0 Å². The Morgan fingerprint density at radius 1 is 1.06 bits per heavy atom. The molecule has 3 N–H and O–H groups in total. The Bertz CT molecular complexity index is 1290.